The molecule has 6 nitrogen and oxygen atoms in total. The van der Waals surface area contributed by atoms with Crippen LogP contribution in [0.1, 0.15) is 26.7 Å². The molecule has 1 N–H and O–H groups in total. The van der Waals surface area contributed by atoms with E-state index in [2.05, 4.69) is 39.7 Å². The predicted octanol–water partition coefficient (Wildman–Crippen LogP) is 3.83. The van der Waals surface area contributed by atoms with Crippen molar-refractivity contribution < 1.29 is 9.32 Å². The number of benzene rings is 2. The van der Waals surface area contributed by atoms with Crippen molar-refractivity contribution in [2.24, 2.45) is 0 Å². The summed E-state index contributed by atoms with van der Waals surface area (Å²) in [5.41, 5.74) is 3.04. The molecular formula is C18H14N4O2S. The monoisotopic (exact) mass is 350 g/mol. The second kappa shape index (κ2) is 6.45. The number of aromatic nitrogens is 3. The molecule has 0 radical (unpaired) electrons. The Kier molecular flexibility index (Phi) is 3.99. The van der Waals surface area contributed by atoms with Crippen LogP contribution in [0.4, 0.5) is 5.13 Å². The van der Waals surface area contributed by atoms with Crippen LogP contribution in [0.5, 0.6) is 0 Å². The Balaban J connectivity index is 1.51. The van der Waals surface area contributed by atoms with Gasteiger partial charge in [-0.2, -0.15) is 0 Å². The van der Waals surface area contributed by atoms with E-state index in [9.17, 15) is 4.79 Å². The molecule has 0 aliphatic heterocycles. The fourth-order valence-electron chi connectivity index (χ4n) is 2.55. The Morgan fingerprint density at radius 2 is 1.92 bits per heavy atom. The molecule has 0 bridgehead atoms. The molecule has 7 heteroatoms. The molecule has 0 unspecified atom stereocenters. The molecule has 2 heterocycles. The number of hydrogen-bond donors (Lipinski definition) is 1. The van der Waals surface area contributed by atoms with Gasteiger partial charge in [-0.1, -0.05) is 52.9 Å². The average Bonchev–Trinajstić information content (AvgIpc) is 3.23. The van der Waals surface area contributed by atoms with Gasteiger partial charge in [0.2, 0.25) is 10.9 Å². The zero-order valence-electron chi connectivity index (χ0n) is 13.4. The summed E-state index contributed by atoms with van der Waals surface area (Å²) in [5.74, 6) is -0.210. The van der Waals surface area contributed by atoms with Crippen LogP contribution in [0.15, 0.2) is 53.1 Å². The molecule has 0 saturated carbocycles. The molecule has 1 amide bonds. The summed E-state index contributed by atoms with van der Waals surface area (Å²) in [7, 11) is 0. The normalized spacial score (nSPS) is 10.9. The molecular weight excluding hydrogens is 336 g/mol. The Hall–Kier alpha value is -3.06. The number of aryl methyl sites for hydroxylation is 1. The number of fused-ring (bicyclic) bond motifs is 1. The van der Waals surface area contributed by atoms with E-state index < -0.39 is 0 Å². The average molecular weight is 350 g/mol. The van der Waals surface area contributed by atoms with Gasteiger partial charge in [0, 0.05) is 6.42 Å². The van der Waals surface area contributed by atoms with Crippen LogP contribution in [0.25, 0.3) is 10.9 Å². The lowest BCUT2D eigenvalue weighted by Crippen LogP contribution is -2.11. The fourth-order valence-corrected chi connectivity index (χ4v) is 3.31. The maximum atomic E-state index is 12.4. The number of nitrogens with one attached hydrogen (secondary N) is 1. The summed E-state index contributed by atoms with van der Waals surface area (Å²) in [6.45, 7) is 2.06. The lowest BCUT2D eigenvalue weighted by Gasteiger charge is -2.01. The lowest BCUT2D eigenvalue weighted by molar-refractivity contribution is 0.0990. The van der Waals surface area contributed by atoms with E-state index in [-0.39, 0.29) is 11.7 Å². The van der Waals surface area contributed by atoms with Crippen molar-refractivity contribution >= 4 is 33.3 Å². The second-order valence-electron chi connectivity index (χ2n) is 5.59. The van der Waals surface area contributed by atoms with Gasteiger partial charge >= 0.3 is 0 Å². The first-order chi connectivity index (χ1) is 12.2. The fraction of sp³-hybridized carbons (Fsp3) is 0.111. The number of nitrogens with zero attached hydrogens (tertiary/aromatic N) is 3. The van der Waals surface area contributed by atoms with E-state index in [1.54, 1.807) is 12.1 Å². The van der Waals surface area contributed by atoms with Gasteiger partial charge in [0.1, 0.15) is 10.5 Å². The quantitative estimate of drug-likeness (QED) is 0.605. The highest BCUT2D eigenvalue weighted by atomic mass is 32.1. The molecule has 2 aromatic heterocycles. The van der Waals surface area contributed by atoms with Crippen LogP contribution >= 0.6 is 11.3 Å². The molecule has 25 heavy (non-hydrogen) atoms. The van der Waals surface area contributed by atoms with Crippen LogP contribution < -0.4 is 5.32 Å². The van der Waals surface area contributed by atoms with E-state index in [4.69, 9.17) is 4.52 Å². The molecule has 0 fully saturated rings. The van der Waals surface area contributed by atoms with E-state index in [0.717, 1.165) is 5.01 Å². The Morgan fingerprint density at radius 3 is 2.80 bits per heavy atom. The van der Waals surface area contributed by atoms with Gasteiger partial charge in [0.05, 0.1) is 5.39 Å². The molecule has 124 valence electrons. The highest BCUT2D eigenvalue weighted by Gasteiger charge is 2.18. The highest BCUT2D eigenvalue weighted by Crippen LogP contribution is 2.22. The molecule has 0 spiro atoms. The van der Waals surface area contributed by atoms with Crippen molar-refractivity contribution in [3.63, 3.8) is 0 Å². The van der Waals surface area contributed by atoms with Crippen molar-refractivity contribution in [2.45, 2.75) is 13.3 Å². The standard InChI is InChI=1S/C18H14N4O2S/c1-11-6-2-3-7-12(11)10-15-20-21-18(25-15)19-17(23)16-13-8-4-5-9-14(13)22-24-16/h2-9H,10H2,1H3,(H,19,21,23). The van der Waals surface area contributed by atoms with Crippen molar-refractivity contribution in [1.29, 1.82) is 0 Å². The number of carbonyl (C=O) groups is 1. The largest absolute Gasteiger partial charge is 0.350 e. The number of anilines is 1. The third-order valence-corrected chi connectivity index (χ3v) is 4.72. The van der Waals surface area contributed by atoms with Crippen LogP contribution in [0.3, 0.4) is 0 Å². The summed E-state index contributed by atoms with van der Waals surface area (Å²) >= 11 is 1.35. The Morgan fingerprint density at radius 1 is 1.12 bits per heavy atom. The first kappa shape index (κ1) is 15.5. The molecule has 0 saturated heterocycles. The third-order valence-electron chi connectivity index (χ3n) is 3.88. The van der Waals surface area contributed by atoms with E-state index >= 15 is 0 Å². The van der Waals surface area contributed by atoms with E-state index in [0.29, 0.717) is 22.5 Å². The molecule has 0 aliphatic rings. The summed E-state index contributed by atoms with van der Waals surface area (Å²) < 4.78 is 5.16. The van der Waals surface area contributed by atoms with Gasteiger partial charge < -0.3 is 4.52 Å². The van der Waals surface area contributed by atoms with E-state index in [1.807, 2.05) is 24.3 Å². The first-order valence-electron chi connectivity index (χ1n) is 7.73. The van der Waals surface area contributed by atoms with Crippen LogP contribution in [-0.4, -0.2) is 21.3 Å². The smallest absolute Gasteiger partial charge is 0.296 e. The zero-order valence-corrected chi connectivity index (χ0v) is 14.2. The van der Waals surface area contributed by atoms with Crippen molar-refractivity contribution in [1.82, 2.24) is 15.4 Å². The summed E-state index contributed by atoms with van der Waals surface area (Å²) in [5, 5.41) is 16.8. The van der Waals surface area contributed by atoms with Crippen molar-refractivity contribution in [3.05, 3.63) is 70.4 Å². The van der Waals surface area contributed by atoms with Crippen molar-refractivity contribution in [2.75, 3.05) is 5.32 Å². The minimum absolute atomic E-state index is 0.172. The Bertz CT molecular complexity index is 1050. The minimum atomic E-state index is -0.382. The summed E-state index contributed by atoms with van der Waals surface area (Å²) in [6, 6.07) is 15.4. The van der Waals surface area contributed by atoms with Crippen LogP contribution in [0.2, 0.25) is 0 Å². The van der Waals surface area contributed by atoms with Gasteiger partial charge in [0.15, 0.2) is 0 Å². The van der Waals surface area contributed by atoms with Gasteiger partial charge in [-0.25, -0.2) is 0 Å². The molecule has 4 aromatic rings. The van der Waals surface area contributed by atoms with Gasteiger partial charge in [-0.3, -0.25) is 10.1 Å². The zero-order chi connectivity index (χ0) is 17.2. The number of amides is 1. The minimum Gasteiger partial charge on any atom is -0.350 e. The van der Waals surface area contributed by atoms with Crippen molar-refractivity contribution in [3.8, 4) is 0 Å². The number of rotatable bonds is 4. The molecule has 4 rings (SSSR count). The third kappa shape index (κ3) is 3.14. The predicted molar refractivity (Wildman–Crippen MR) is 95.9 cm³/mol. The molecule has 2 aromatic carbocycles. The van der Waals surface area contributed by atoms with Crippen LogP contribution in [0, 0.1) is 6.92 Å². The molecule has 0 aliphatic carbocycles. The summed E-state index contributed by atoms with van der Waals surface area (Å²) in [4.78, 5) is 12.4. The SMILES string of the molecule is Cc1ccccc1Cc1nnc(NC(=O)c2onc3ccccc23)s1. The first-order valence-corrected chi connectivity index (χ1v) is 8.55. The van der Waals surface area contributed by atoms with Gasteiger partial charge in [-0.05, 0) is 30.2 Å². The lowest BCUT2D eigenvalue weighted by atomic mass is 10.1. The molecule has 0 atom stereocenters. The van der Waals surface area contributed by atoms with Crippen LogP contribution in [-0.2, 0) is 6.42 Å². The highest BCUT2D eigenvalue weighted by molar-refractivity contribution is 7.15. The summed E-state index contributed by atoms with van der Waals surface area (Å²) in [6.07, 6.45) is 0.686. The maximum absolute atomic E-state index is 12.4. The Labute approximate surface area is 147 Å². The second-order valence-corrected chi connectivity index (χ2v) is 6.65. The maximum Gasteiger partial charge on any atom is 0.296 e. The van der Waals surface area contributed by atoms with E-state index in [1.165, 1.54) is 22.5 Å². The number of hydrogen-bond acceptors (Lipinski definition) is 6. The van der Waals surface area contributed by atoms with Gasteiger partial charge in [-0.15, -0.1) is 10.2 Å². The topological polar surface area (TPSA) is 80.9 Å². The van der Waals surface area contributed by atoms with Gasteiger partial charge in [0.25, 0.3) is 5.91 Å². The number of carbonyl (C=O) groups excluding carboxylic acids is 1.